The number of pyridine rings is 1. The van der Waals surface area contributed by atoms with Crippen LogP contribution in [0.2, 0.25) is 0 Å². The zero-order chi connectivity index (χ0) is 20.5. The van der Waals surface area contributed by atoms with Crippen LogP contribution in [0.4, 0.5) is 11.4 Å². The van der Waals surface area contributed by atoms with Crippen molar-refractivity contribution >= 4 is 29.1 Å². The number of hydrogen-bond donors (Lipinski definition) is 3. The van der Waals surface area contributed by atoms with Gasteiger partial charge in [0.2, 0.25) is 11.8 Å². The van der Waals surface area contributed by atoms with Gasteiger partial charge in [-0.05, 0) is 42.0 Å². The number of benzene rings is 2. The third kappa shape index (κ3) is 6.28. The highest BCUT2D eigenvalue weighted by Crippen LogP contribution is 2.12. The summed E-state index contributed by atoms with van der Waals surface area (Å²) >= 11 is 0. The Balaban J connectivity index is 1.45. The van der Waals surface area contributed by atoms with E-state index in [1.165, 1.54) is 0 Å². The monoisotopic (exact) mass is 388 g/mol. The van der Waals surface area contributed by atoms with Gasteiger partial charge in [-0.3, -0.25) is 19.4 Å². The minimum absolute atomic E-state index is 0.130. The van der Waals surface area contributed by atoms with Gasteiger partial charge in [0.15, 0.2) is 0 Å². The molecule has 29 heavy (non-hydrogen) atoms. The third-order valence-corrected chi connectivity index (χ3v) is 4.00. The van der Waals surface area contributed by atoms with Crippen LogP contribution < -0.4 is 16.0 Å². The summed E-state index contributed by atoms with van der Waals surface area (Å²) in [6.07, 6.45) is 3.39. The summed E-state index contributed by atoms with van der Waals surface area (Å²) < 4.78 is 0. The van der Waals surface area contributed by atoms with E-state index < -0.39 is 0 Å². The van der Waals surface area contributed by atoms with Crippen LogP contribution in [0.15, 0.2) is 79.1 Å². The molecule has 0 fully saturated rings. The lowest BCUT2D eigenvalue weighted by atomic mass is 10.1. The summed E-state index contributed by atoms with van der Waals surface area (Å²) in [5.74, 6) is -0.850. The number of nitrogens with one attached hydrogen (secondary N) is 3. The van der Waals surface area contributed by atoms with Gasteiger partial charge in [0.1, 0.15) is 0 Å². The lowest BCUT2D eigenvalue weighted by molar-refractivity contribution is -0.123. The van der Waals surface area contributed by atoms with Crippen molar-refractivity contribution in [2.45, 2.75) is 6.42 Å². The fourth-order valence-electron chi connectivity index (χ4n) is 2.57. The molecule has 0 radical (unpaired) electrons. The smallest absolute Gasteiger partial charge is 0.255 e. The van der Waals surface area contributed by atoms with Crippen LogP contribution >= 0.6 is 0 Å². The second-order valence-corrected chi connectivity index (χ2v) is 6.26. The van der Waals surface area contributed by atoms with E-state index in [0.717, 1.165) is 5.56 Å². The lowest BCUT2D eigenvalue weighted by Gasteiger charge is -2.08. The Kier molecular flexibility index (Phi) is 6.67. The Labute approximate surface area is 168 Å². The van der Waals surface area contributed by atoms with E-state index in [9.17, 15) is 14.4 Å². The molecule has 0 aliphatic rings. The molecule has 7 heteroatoms. The first-order valence-corrected chi connectivity index (χ1v) is 9.02. The molecule has 0 unspecified atom stereocenters. The zero-order valence-corrected chi connectivity index (χ0v) is 15.6. The van der Waals surface area contributed by atoms with Gasteiger partial charge in [-0.1, -0.05) is 30.3 Å². The molecule has 2 aromatic carbocycles. The van der Waals surface area contributed by atoms with E-state index in [1.54, 1.807) is 48.8 Å². The van der Waals surface area contributed by atoms with Crippen LogP contribution in [0, 0.1) is 0 Å². The van der Waals surface area contributed by atoms with E-state index in [2.05, 4.69) is 20.9 Å². The predicted octanol–water partition coefficient (Wildman–Crippen LogP) is 2.63. The topological polar surface area (TPSA) is 100 Å². The molecule has 0 spiro atoms. The molecule has 0 saturated carbocycles. The number of nitrogens with zero attached hydrogens (tertiary/aromatic N) is 1. The highest BCUT2D eigenvalue weighted by atomic mass is 16.2. The first-order chi connectivity index (χ1) is 14.1. The SMILES string of the molecule is O=C(Cc1ccccc1)NCC(=O)Nc1ccc(C(=O)Nc2cccnc2)cc1. The summed E-state index contributed by atoms with van der Waals surface area (Å²) in [4.78, 5) is 40.1. The molecule has 146 valence electrons. The number of aromatic nitrogens is 1. The summed E-state index contributed by atoms with van der Waals surface area (Å²) in [7, 11) is 0. The second-order valence-electron chi connectivity index (χ2n) is 6.26. The van der Waals surface area contributed by atoms with Gasteiger partial charge in [-0.15, -0.1) is 0 Å². The first-order valence-electron chi connectivity index (χ1n) is 9.02. The van der Waals surface area contributed by atoms with E-state index in [0.29, 0.717) is 16.9 Å². The van der Waals surface area contributed by atoms with E-state index in [-0.39, 0.29) is 30.7 Å². The maximum absolute atomic E-state index is 12.2. The summed E-state index contributed by atoms with van der Waals surface area (Å²) in [6, 6.07) is 19.2. The van der Waals surface area contributed by atoms with Gasteiger partial charge in [0.05, 0.1) is 24.8 Å². The van der Waals surface area contributed by atoms with Gasteiger partial charge >= 0.3 is 0 Å². The molecular formula is C22H20N4O3. The van der Waals surface area contributed by atoms with Crippen LogP contribution in [0.3, 0.4) is 0 Å². The number of anilines is 2. The van der Waals surface area contributed by atoms with Crippen LogP contribution in [0.25, 0.3) is 0 Å². The third-order valence-electron chi connectivity index (χ3n) is 4.00. The van der Waals surface area contributed by atoms with Crippen molar-refractivity contribution in [1.82, 2.24) is 10.3 Å². The van der Waals surface area contributed by atoms with Crippen molar-refractivity contribution in [3.05, 3.63) is 90.3 Å². The van der Waals surface area contributed by atoms with Gasteiger partial charge in [0, 0.05) is 17.4 Å². The Bertz CT molecular complexity index is 974. The number of hydrogen-bond acceptors (Lipinski definition) is 4. The molecule has 3 rings (SSSR count). The molecule has 3 aromatic rings. The Morgan fingerprint density at radius 1 is 0.759 bits per heavy atom. The lowest BCUT2D eigenvalue weighted by Crippen LogP contribution is -2.33. The average Bonchev–Trinajstić information content (AvgIpc) is 2.74. The van der Waals surface area contributed by atoms with Crippen LogP contribution in [-0.2, 0) is 16.0 Å². The molecule has 1 heterocycles. The highest BCUT2D eigenvalue weighted by Gasteiger charge is 2.09. The van der Waals surface area contributed by atoms with Crippen molar-refractivity contribution in [3.63, 3.8) is 0 Å². The number of amides is 3. The molecule has 7 nitrogen and oxygen atoms in total. The number of rotatable bonds is 7. The molecule has 0 saturated heterocycles. The van der Waals surface area contributed by atoms with Gasteiger partial charge in [-0.25, -0.2) is 0 Å². The quantitative estimate of drug-likeness (QED) is 0.579. The molecular weight excluding hydrogens is 368 g/mol. The maximum atomic E-state index is 12.2. The Morgan fingerprint density at radius 3 is 2.21 bits per heavy atom. The predicted molar refractivity (Wildman–Crippen MR) is 110 cm³/mol. The molecule has 0 atom stereocenters. The molecule has 0 aliphatic heterocycles. The minimum atomic E-state index is -0.348. The Hall–Kier alpha value is -4.00. The van der Waals surface area contributed by atoms with Gasteiger partial charge < -0.3 is 16.0 Å². The fraction of sp³-hybridized carbons (Fsp3) is 0.0909. The summed E-state index contributed by atoms with van der Waals surface area (Å²) in [6.45, 7) is -0.130. The molecule has 1 aromatic heterocycles. The van der Waals surface area contributed by atoms with Crippen LogP contribution in [-0.4, -0.2) is 29.3 Å². The largest absolute Gasteiger partial charge is 0.347 e. The highest BCUT2D eigenvalue weighted by molar-refractivity contribution is 6.04. The zero-order valence-electron chi connectivity index (χ0n) is 15.6. The minimum Gasteiger partial charge on any atom is -0.347 e. The van der Waals surface area contributed by atoms with E-state index in [1.807, 2.05) is 30.3 Å². The van der Waals surface area contributed by atoms with Gasteiger partial charge in [0.25, 0.3) is 5.91 Å². The fourth-order valence-corrected chi connectivity index (χ4v) is 2.57. The van der Waals surface area contributed by atoms with E-state index in [4.69, 9.17) is 0 Å². The Morgan fingerprint density at radius 2 is 1.52 bits per heavy atom. The average molecular weight is 388 g/mol. The summed E-state index contributed by atoms with van der Waals surface area (Å²) in [5.41, 5.74) is 2.46. The number of carbonyl (C=O) groups excluding carboxylic acids is 3. The van der Waals surface area contributed by atoms with Crippen LogP contribution in [0.1, 0.15) is 15.9 Å². The molecule has 0 aliphatic carbocycles. The van der Waals surface area contributed by atoms with Crippen molar-refractivity contribution < 1.29 is 14.4 Å². The van der Waals surface area contributed by atoms with Crippen molar-refractivity contribution in [2.24, 2.45) is 0 Å². The van der Waals surface area contributed by atoms with E-state index >= 15 is 0 Å². The maximum Gasteiger partial charge on any atom is 0.255 e. The molecule has 0 bridgehead atoms. The normalized spacial score (nSPS) is 10.1. The van der Waals surface area contributed by atoms with Crippen molar-refractivity contribution in [2.75, 3.05) is 17.2 Å². The van der Waals surface area contributed by atoms with Crippen LogP contribution in [0.5, 0.6) is 0 Å². The second kappa shape index (κ2) is 9.80. The molecule has 3 amide bonds. The van der Waals surface area contributed by atoms with Crippen molar-refractivity contribution in [3.8, 4) is 0 Å². The standard InChI is InChI=1S/C22H20N4O3/c27-20(13-16-5-2-1-3-6-16)24-15-21(28)25-18-10-8-17(9-11-18)22(29)26-19-7-4-12-23-14-19/h1-12,14H,13,15H2,(H,24,27)(H,25,28)(H,26,29). The first kappa shape index (κ1) is 19.8. The van der Waals surface area contributed by atoms with Gasteiger partial charge in [-0.2, -0.15) is 0 Å². The summed E-state index contributed by atoms with van der Waals surface area (Å²) in [5, 5.41) is 8.00. The van der Waals surface area contributed by atoms with Crippen molar-refractivity contribution in [1.29, 1.82) is 0 Å². The number of carbonyl (C=O) groups is 3. The molecule has 3 N–H and O–H groups in total.